The summed E-state index contributed by atoms with van der Waals surface area (Å²) in [6.07, 6.45) is 4.84. The molecule has 0 spiro atoms. The maximum atomic E-state index is 11.2. The standard InChI is InChI=1S/C11H6N2O2.H3O4P/c14-9-5-6-1-2-8-7(3-4-12-8)10(6)13-11(9)15;1-5(2,3)4/h1-5H,(H,13,15);(H3,1,2,3,4). The molecule has 0 atom stereocenters. The number of hydrogen-bond acceptors (Lipinski definition) is 4. The van der Waals surface area contributed by atoms with Crippen LogP contribution in [0.4, 0.5) is 5.69 Å². The molecule has 0 aromatic heterocycles. The number of carbonyl (C=O) groups is 2. The minimum atomic E-state index is -4.64. The zero-order chi connectivity index (χ0) is 14.9. The number of benzene rings is 1. The number of ketones is 1. The predicted octanol–water partition coefficient (Wildman–Crippen LogP) is -1.34. The smallest absolute Gasteiger partial charge is 0.318 e. The lowest BCUT2D eigenvalue weighted by Crippen LogP contribution is -2.33. The lowest BCUT2D eigenvalue weighted by Gasteiger charge is -2.11. The first-order valence-corrected chi connectivity index (χ1v) is 6.85. The molecule has 0 unspecified atom stereocenters. The largest absolute Gasteiger partial charge is 0.466 e. The number of amides is 1. The topological polar surface area (TPSA) is 136 Å². The van der Waals surface area contributed by atoms with Crippen LogP contribution >= 0.6 is 7.82 Å². The van der Waals surface area contributed by atoms with Gasteiger partial charge in [0.15, 0.2) is 0 Å². The highest BCUT2D eigenvalue weighted by Crippen LogP contribution is 2.25. The summed E-state index contributed by atoms with van der Waals surface area (Å²) in [4.78, 5) is 48.0. The van der Waals surface area contributed by atoms with Gasteiger partial charge in [0.1, 0.15) is 0 Å². The number of phosphoric acid groups is 1. The number of rotatable bonds is 0. The normalized spacial score (nSPS) is 15.2. The molecule has 104 valence electrons. The van der Waals surface area contributed by atoms with Gasteiger partial charge < -0.3 is 20.0 Å². The van der Waals surface area contributed by atoms with Crippen molar-refractivity contribution >= 4 is 37.4 Å². The molecule has 0 aliphatic carbocycles. The van der Waals surface area contributed by atoms with Crippen molar-refractivity contribution in [3.8, 4) is 0 Å². The molecule has 2 aliphatic rings. The van der Waals surface area contributed by atoms with Crippen LogP contribution in [0.3, 0.4) is 0 Å². The van der Waals surface area contributed by atoms with E-state index in [1.54, 1.807) is 12.3 Å². The van der Waals surface area contributed by atoms with Gasteiger partial charge in [0.2, 0.25) is 5.78 Å². The summed E-state index contributed by atoms with van der Waals surface area (Å²) in [6, 6.07) is 3.61. The Hall–Kier alpha value is -2.12. The summed E-state index contributed by atoms with van der Waals surface area (Å²) in [5, 5.41) is 4.13. The van der Waals surface area contributed by atoms with E-state index in [0.29, 0.717) is 5.69 Å². The minimum absolute atomic E-state index is 0.513. The van der Waals surface area contributed by atoms with Gasteiger partial charge in [-0.1, -0.05) is 6.07 Å². The van der Waals surface area contributed by atoms with Gasteiger partial charge in [0, 0.05) is 23.1 Å². The molecule has 1 aromatic rings. The fourth-order valence-corrected chi connectivity index (χ4v) is 1.74. The SMILES string of the molecule is O=C1C=c2ccc3c(c2NC1=O)C=CN=3.O=P(O)(O)O. The van der Waals surface area contributed by atoms with Crippen LogP contribution in [0.2, 0.25) is 0 Å². The Labute approximate surface area is 112 Å². The molecule has 20 heavy (non-hydrogen) atoms. The molecular formula is C11H9N2O6P. The zero-order valence-electron chi connectivity index (χ0n) is 9.85. The lowest BCUT2D eigenvalue weighted by atomic mass is 10.1. The lowest BCUT2D eigenvalue weighted by molar-refractivity contribution is -0.131. The fourth-order valence-electron chi connectivity index (χ4n) is 1.74. The van der Waals surface area contributed by atoms with E-state index in [0.717, 1.165) is 16.1 Å². The number of fused-ring (bicyclic) bond motifs is 3. The van der Waals surface area contributed by atoms with E-state index in [9.17, 15) is 9.59 Å². The van der Waals surface area contributed by atoms with Crippen LogP contribution in [0.25, 0.3) is 12.2 Å². The first-order chi connectivity index (χ1) is 9.25. The fraction of sp³-hybridized carbons (Fsp3) is 0. The summed E-state index contributed by atoms with van der Waals surface area (Å²) in [5.74, 6) is -1.10. The second-order valence-electron chi connectivity index (χ2n) is 3.88. The molecule has 1 amide bonds. The van der Waals surface area contributed by atoms with Crippen molar-refractivity contribution in [1.29, 1.82) is 0 Å². The van der Waals surface area contributed by atoms with Crippen LogP contribution in [0, 0.1) is 0 Å². The van der Waals surface area contributed by atoms with Crippen molar-refractivity contribution in [3.63, 3.8) is 0 Å². The summed E-state index contributed by atoms with van der Waals surface area (Å²) in [6.45, 7) is 0. The summed E-state index contributed by atoms with van der Waals surface area (Å²) < 4.78 is 8.88. The van der Waals surface area contributed by atoms with Gasteiger partial charge in [-0.25, -0.2) is 4.57 Å². The number of nitrogens with zero attached hydrogens (tertiary/aromatic N) is 1. The maximum Gasteiger partial charge on any atom is 0.466 e. The summed E-state index contributed by atoms with van der Waals surface area (Å²) in [7, 11) is -4.64. The van der Waals surface area contributed by atoms with Crippen LogP contribution in [-0.4, -0.2) is 26.4 Å². The molecule has 9 heteroatoms. The molecule has 0 bridgehead atoms. The molecule has 0 saturated carbocycles. The second-order valence-corrected chi connectivity index (χ2v) is 4.91. The maximum absolute atomic E-state index is 11.2. The van der Waals surface area contributed by atoms with Gasteiger partial charge in [-0.3, -0.25) is 14.6 Å². The molecule has 1 aromatic carbocycles. The molecular weight excluding hydrogens is 287 g/mol. The third-order valence-electron chi connectivity index (χ3n) is 2.46. The monoisotopic (exact) mass is 296 g/mol. The highest BCUT2D eigenvalue weighted by molar-refractivity contribution is 7.45. The number of anilines is 1. The van der Waals surface area contributed by atoms with Gasteiger partial charge >= 0.3 is 7.82 Å². The molecule has 0 saturated heterocycles. The Morgan fingerprint density at radius 3 is 2.45 bits per heavy atom. The van der Waals surface area contributed by atoms with Crippen molar-refractivity contribution in [3.05, 3.63) is 34.5 Å². The van der Waals surface area contributed by atoms with Crippen molar-refractivity contribution in [2.75, 3.05) is 5.32 Å². The van der Waals surface area contributed by atoms with Crippen molar-refractivity contribution in [2.45, 2.75) is 0 Å². The van der Waals surface area contributed by atoms with Crippen molar-refractivity contribution in [1.82, 2.24) is 0 Å². The van der Waals surface area contributed by atoms with E-state index in [1.807, 2.05) is 12.1 Å². The van der Waals surface area contributed by atoms with E-state index in [4.69, 9.17) is 19.2 Å². The number of Topliss-reactive ketones (excluding diaryl/α,β-unsaturated/α-hetero) is 1. The second kappa shape index (κ2) is 5.10. The van der Waals surface area contributed by atoms with Gasteiger partial charge in [0.25, 0.3) is 5.91 Å². The molecule has 2 aliphatic heterocycles. The third-order valence-corrected chi connectivity index (χ3v) is 2.46. The minimum Gasteiger partial charge on any atom is -0.318 e. The van der Waals surface area contributed by atoms with Gasteiger partial charge in [0.05, 0.1) is 11.0 Å². The van der Waals surface area contributed by atoms with E-state index in [-0.39, 0.29) is 0 Å². The molecule has 8 nitrogen and oxygen atoms in total. The van der Waals surface area contributed by atoms with Crippen LogP contribution < -0.4 is 15.9 Å². The van der Waals surface area contributed by atoms with Gasteiger partial charge in [-0.2, -0.15) is 0 Å². The predicted molar refractivity (Wildman–Crippen MR) is 68.6 cm³/mol. The quantitative estimate of drug-likeness (QED) is 0.345. The Balaban J connectivity index is 0.000000257. The van der Waals surface area contributed by atoms with E-state index in [2.05, 4.69) is 10.3 Å². The first kappa shape index (κ1) is 14.3. The molecule has 4 N–H and O–H groups in total. The highest BCUT2D eigenvalue weighted by atomic mass is 31.2. The van der Waals surface area contributed by atoms with Crippen LogP contribution in [0.1, 0.15) is 5.56 Å². The van der Waals surface area contributed by atoms with Gasteiger partial charge in [-0.15, -0.1) is 0 Å². The Bertz CT molecular complexity index is 784. The number of carbonyl (C=O) groups excluding carboxylic acids is 2. The summed E-state index contributed by atoms with van der Waals surface area (Å²) >= 11 is 0. The van der Waals surface area contributed by atoms with E-state index < -0.39 is 19.5 Å². The van der Waals surface area contributed by atoms with Crippen LogP contribution in [-0.2, 0) is 14.2 Å². The first-order valence-electron chi connectivity index (χ1n) is 5.28. The van der Waals surface area contributed by atoms with Crippen molar-refractivity contribution < 1.29 is 28.8 Å². The Morgan fingerprint density at radius 1 is 1.15 bits per heavy atom. The summed E-state index contributed by atoms with van der Waals surface area (Å²) in [5.41, 5.74) is 1.54. The third kappa shape index (κ3) is 3.25. The Morgan fingerprint density at radius 2 is 1.80 bits per heavy atom. The Kier molecular flexibility index (Phi) is 3.65. The highest BCUT2D eigenvalue weighted by Gasteiger charge is 2.19. The number of hydrogen-bond donors (Lipinski definition) is 4. The zero-order valence-corrected chi connectivity index (χ0v) is 10.7. The molecule has 3 rings (SSSR count). The van der Waals surface area contributed by atoms with E-state index in [1.165, 1.54) is 6.08 Å². The molecule has 2 heterocycles. The van der Waals surface area contributed by atoms with E-state index >= 15 is 0 Å². The average Bonchev–Trinajstić information content (AvgIpc) is 2.77. The number of nitrogens with one attached hydrogen (secondary N) is 1. The van der Waals surface area contributed by atoms with Crippen LogP contribution in [0.5, 0.6) is 0 Å². The van der Waals surface area contributed by atoms with Gasteiger partial charge in [-0.05, 0) is 12.1 Å². The molecule has 0 fully saturated rings. The molecule has 0 radical (unpaired) electrons. The van der Waals surface area contributed by atoms with Crippen molar-refractivity contribution in [2.24, 2.45) is 4.99 Å². The average molecular weight is 296 g/mol. The van der Waals surface area contributed by atoms with Crippen LogP contribution in [0.15, 0.2) is 23.3 Å².